The highest BCUT2D eigenvalue weighted by molar-refractivity contribution is 5.54. The maximum atomic E-state index is 9.04. The van der Waals surface area contributed by atoms with Gasteiger partial charge in [0, 0.05) is 24.5 Å². The highest BCUT2D eigenvalue weighted by atomic mass is 16.5. The molecule has 2 aromatic rings. The zero-order valence-corrected chi connectivity index (χ0v) is 12.4. The summed E-state index contributed by atoms with van der Waals surface area (Å²) in [5.41, 5.74) is 1.72. The molecule has 6 nitrogen and oxygen atoms in total. The van der Waals surface area contributed by atoms with Crippen LogP contribution in [0.1, 0.15) is 12.6 Å². The van der Waals surface area contributed by atoms with Crippen LogP contribution in [0.15, 0.2) is 30.5 Å². The summed E-state index contributed by atoms with van der Waals surface area (Å²) in [5, 5.41) is 9.04. The van der Waals surface area contributed by atoms with Crippen molar-refractivity contribution in [3.05, 3.63) is 36.2 Å². The Hall–Kier alpha value is -2.52. The van der Waals surface area contributed by atoms with Gasteiger partial charge in [-0.25, -0.2) is 9.97 Å². The van der Waals surface area contributed by atoms with Crippen molar-refractivity contribution in [2.45, 2.75) is 19.4 Å². The summed E-state index contributed by atoms with van der Waals surface area (Å²) in [5.74, 6) is 1.45. The SMILES string of the molecule is CCc1cc(N2CCOC(C#N)C2)nc(-c2ccccn2)n1. The van der Waals surface area contributed by atoms with Gasteiger partial charge in [0.25, 0.3) is 0 Å². The number of aromatic nitrogens is 3. The van der Waals surface area contributed by atoms with Crippen molar-refractivity contribution in [1.82, 2.24) is 15.0 Å². The van der Waals surface area contributed by atoms with Gasteiger partial charge in [-0.1, -0.05) is 13.0 Å². The molecule has 22 heavy (non-hydrogen) atoms. The fraction of sp³-hybridized carbons (Fsp3) is 0.375. The third-order valence-electron chi connectivity index (χ3n) is 3.56. The molecule has 0 bridgehead atoms. The van der Waals surface area contributed by atoms with E-state index in [1.165, 1.54) is 0 Å². The number of pyridine rings is 1. The Morgan fingerprint density at radius 3 is 3.05 bits per heavy atom. The van der Waals surface area contributed by atoms with Crippen molar-refractivity contribution in [2.24, 2.45) is 0 Å². The van der Waals surface area contributed by atoms with Gasteiger partial charge in [-0.05, 0) is 18.6 Å². The highest BCUT2D eigenvalue weighted by Gasteiger charge is 2.22. The third kappa shape index (κ3) is 3.05. The minimum Gasteiger partial charge on any atom is -0.360 e. The van der Waals surface area contributed by atoms with Gasteiger partial charge < -0.3 is 9.64 Å². The molecule has 0 N–H and O–H groups in total. The molecule has 1 aliphatic heterocycles. The van der Waals surface area contributed by atoms with Gasteiger partial charge in [0.2, 0.25) is 0 Å². The molecule has 0 aliphatic carbocycles. The number of morpholine rings is 1. The lowest BCUT2D eigenvalue weighted by Gasteiger charge is -2.31. The highest BCUT2D eigenvalue weighted by Crippen LogP contribution is 2.21. The Morgan fingerprint density at radius 2 is 2.32 bits per heavy atom. The zero-order valence-electron chi connectivity index (χ0n) is 12.4. The molecule has 0 saturated carbocycles. The zero-order chi connectivity index (χ0) is 15.4. The maximum absolute atomic E-state index is 9.04. The number of rotatable bonds is 3. The second-order valence-corrected chi connectivity index (χ2v) is 5.04. The van der Waals surface area contributed by atoms with Crippen molar-refractivity contribution in [1.29, 1.82) is 5.26 Å². The van der Waals surface area contributed by atoms with Crippen LogP contribution in [0.3, 0.4) is 0 Å². The molecule has 3 rings (SSSR count). The van der Waals surface area contributed by atoms with Gasteiger partial charge in [-0.3, -0.25) is 4.98 Å². The lowest BCUT2D eigenvalue weighted by atomic mass is 10.2. The van der Waals surface area contributed by atoms with E-state index in [-0.39, 0.29) is 0 Å². The smallest absolute Gasteiger partial charge is 0.180 e. The lowest BCUT2D eigenvalue weighted by Crippen LogP contribution is -2.42. The Bertz CT molecular complexity index is 683. The predicted molar refractivity (Wildman–Crippen MR) is 82.2 cm³/mol. The average Bonchev–Trinajstić information content (AvgIpc) is 2.62. The molecule has 0 spiro atoms. The van der Waals surface area contributed by atoms with Crippen LogP contribution < -0.4 is 4.90 Å². The molecule has 2 aromatic heterocycles. The number of nitriles is 1. The first-order chi connectivity index (χ1) is 10.8. The summed E-state index contributed by atoms with van der Waals surface area (Å²) in [4.78, 5) is 15.6. The fourth-order valence-corrected chi connectivity index (χ4v) is 2.37. The maximum Gasteiger partial charge on any atom is 0.180 e. The van der Waals surface area contributed by atoms with E-state index in [1.54, 1.807) is 6.20 Å². The number of anilines is 1. The van der Waals surface area contributed by atoms with Crippen LogP contribution in [-0.4, -0.2) is 40.8 Å². The van der Waals surface area contributed by atoms with Crippen molar-refractivity contribution >= 4 is 5.82 Å². The van der Waals surface area contributed by atoms with Crippen molar-refractivity contribution < 1.29 is 4.74 Å². The molecule has 0 amide bonds. The average molecular weight is 295 g/mol. The van der Waals surface area contributed by atoms with E-state index in [4.69, 9.17) is 10.00 Å². The fourth-order valence-electron chi connectivity index (χ4n) is 2.37. The largest absolute Gasteiger partial charge is 0.360 e. The van der Waals surface area contributed by atoms with Gasteiger partial charge in [0.15, 0.2) is 11.9 Å². The van der Waals surface area contributed by atoms with Gasteiger partial charge in [-0.15, -0.1) is 0 Å². The van der Waals surface area contributed by atoms with E-state index in [1.807, 2.05) is 24.3 Å². The molecular weight excluding hydrogens is 278 g/mol. The molecule has 3 heterocycles. The summed E-state index contributed by atoms with van der Waals surface area (Å²) < 4.78 is 5.39. The minimum absolute atomic E-state index is 0.410. The number of hydrogen-bond acceptors (Lipinski definition) is 6. The molecule has 6 heteroatoms. The summed E-state index contributed by atoms with van der Waals surface area (Å²) in [6.07, 6.45) is 2.14. The van der Waals surface area contributed by atoms with Gasteiger partial charge in [0.05, 0.1) is 19.2 Å². The number of ether oxygens (including phenoxy) is 1. The van der Waals surface area contributed by atoms with Crippen LogP contribution >= 0.6 is 0 Å². The van der Waals surface area contributed by atoms with E-state index >= 15 is 0 Å². The van der Waals surface area contributed by atoms with Crippen LogP contribution in [0, 0.1) is 11.3 Å². The van der Waals surface area contributed by atoms with E-state index in [0.29, 0.717) is 19.0 Å². The normalized spacial score (nSPS) is 18.0. The van der Waals surface area contributed by atoms with Crippen LogP contribution in [0.4, 0.5) is 5.82 Å². The van der Waals surface area contributed by atoms with Gasteiger partial charge in [0.1, 0.15) is 11.5 Å². The quantitative estimate of drug-likeness (QED) is 0.860. The van der Waals surface area contributed by atoms with Crippen LogP contribution in [0.25, 0.3) is 11.5 Å². The molecule has 0 radical (unpaired) electrons. The Morgan fingerprint density at radius 1 is 1.41 bits per heavy atom. The van der Waals surface area contributed by atoms with E-state index in [9.17, 15) is 0 Å². The first-order valence-electron chi connectivity index (χ1n) is 7.35. The first-order valence-corrected chi connectivity index (χ1v) is 7.35. The van der Waals surface area contributed by atoms with Crippen molar-refractivity contribution in [3.8, 4) is 17.6 Å². The molecule has 1 aliphatic rings. The minimum atomic E-state index is -0.410. The molecule has 1 saturated heterocycles. The van der Waals surface area contributed by atoms with E-state index < -0.39 is 6.10 Å². The van der Waals surface area contributed by atoms with Crippen LogP contribution in [-0.2, 0) is 11.2 Å². The second-order valence-electron chi connectivity index (χ2n) is 5.04. The van der Waals surface area contributed by atoms with Crippen LogP contribution in [0.2, 0.25) is 0 Å². The molecule has 1 fully saturated rings. The number of nitrogens with zero attached hydrogens (tertiary/aromatic N) is 5. The van der Waals surface area contributed by atoms with Gasteiger partial charge >= 0.3 is 0 Å². The topological polar surface area (TPSA) is 74.9 Å². The summed E-state index contributed by atoms with van der Waals surface area (Å²) in [6, 6.07) is 9.83. The second kappa shape index (κ2) is 6.50. The van der Waals surface area contributed by atoms with Crippen molar-refractivity contribution in [3.63, 3.8) is 0 Å². The Balaban J connectivity index is 1.96. The molecule has 112 valence electrons. The first kappa shape index (κ1) is 14.4. The number of aryl methyl sites for hydroxylation is 1. The third-order valence-corrected chi connectivity index (χ3v) is 3.56. The van der Waals surface area contributed by atoms with Crippen LogP contribution in [0.5, 0.6) is 0 Å². The summed E-state index contributed by atoms with van der Waals surface area (Å²) >= 11 is 0. The molecule has 1 unspecified atom stereocenters. The molecular formula is C16H17N5O. The lowest BCUT2D eigenvalue weighted by molar-refractivity contribution is 0.0761. The predicted octanol–water partition coefficient (Wildman–Crippen LogP) is 1.83. The van der Waals surface area contributed by atoms with Crippen molar-refractivity contribution in [2.75, 3.05) is 24.6 Å². The Kier molecular flexibility index (Phi) is 4.26. The van der Waals surface area contributed by atoms with E-state index in [2.05, 4.69) is 32.8 Å². The number of hydrogen-bond donors (Lipinski definition) is 0. The molecule has 1 atom stereocenters. The summed E-state index contributed by atoms with van der Waals surface area (Å²) in [6.45, 7) is 3.84. The summed E-state index contributed by atoms with van der Waals surface area (Å²) in [7, 11) is 0. The monoisotopic (exact) mass is 295 g/mol. The standard InChI is InChI=1S/C16H17N5O/c1-2-12-9-15(21-7-8-22-13(10-17)11-21)20-16(19-12)14-5-3-4-6-18-14/h3-6,9,13H,2,7-8,11H2,1H3. The molecule has 0 aromatic carbocycles. The van der Waals surface area contributed by atoms with Gasteiger partial charge in [-0.2, -0.15) is 5.26 Å². The Labute approximate surface area is 129 Å². The van der Waals surface area contributed by atoms with E-state index in [0.717, 1.165) is 30.2 Å².